The number of carboxylic acid groups (broad SMARTS) is 2. The molecule has 0 heterocycles. The molecular formula is C15H13F5N2O8. The van der Waals surface area contributed by atoms with Crippen molar-refractivity contribution in [3.63, 3.8) is 0 Å². The summed E-state index contributed by atoms with van der Waals surface area (Å²) in [6, 6.07) is 1.68. The highest BCUT2D eigenvalue weighted by Gasteiger charge is 2.58. The second-order valence-corrected chi connectivity index (χ2v) is 5.98. The first-order chi connectivity index (χ1) is 13.5. The van der Waals surface area contributed by atoms with Crippen molar-refractivity contribution >= 4 is 23.5 Å². The lowest BCUT2D eigenvalue weighted by atomic mass is 9.99. The highest BCUT2D eigenvalue weighted by Crippen LogP contribution is 2.37. The number of carbonyl (C=O) groups is 3. The molecule has 1 rings (SSSR count). The van der Waals surface area contributed by atoms with Crippen molar-refractivity contribution in [1.82, 2.24) is 4.90 Å². The van der Waals surface area contributed by atoms with Crippen LogP contribution in [0.5, 0.6) is 5.75 Å². The second-order valence-electron chi connectivity index (χ2n) is 5.98. The van der Waals surface area contributed by atoms with Crippen LogP contribution in [0.2, 0.25) is 0 Å². The van der Waals surface area contributed by atoms with Gasteiger partial charge < -0.3 is 19.8 Å². The van der Waals surface area contributed by atoms with Gasteiger partial charge in [0.15, 0.2) is 12.4 Å². The number of likely N-dealkylation sites (N-methyl/N-ethyl adjacent to an activating group) is 1. The Kier molecular flexibility index (Phi) is 6.60. The minimum Gasteiger partial charge on any atom is -0.480 e. The zero-order valence-electron chi connectivity index (χ0n) is 15.1. The van der Waals surface area contributed by atoms with E-state index in [-0.39, 0.29) is 4.90 Å². The van der Waals surface area contributed by atoms with Crippen LogP contribution >= 0.6 is 0 Å². The largest absolute Gasteiger partial charge is 0.480 e. The summed E-state index contributed by atoms with van der Waals surface area (Å²) in [4.78, 5) is 45.0. The van der Waals surface area contributed by atoms with Crippen molar-refractivity contribution in [3.05, 3.63) is 33.9 Å². The number of hydrogen-bond acceptors (Lipinski definition) is 6. The molecule has 10 nitrogen and oxygen atoms in total. The standard InChI is InChI=1S/C15H13F5N2O8/c1-13(11(24)25,12(26)27)21(2)10(23)7-3-4-8(22(28)29)9(5-7)30-6-14(16,17)15(18,19)20/h3-5H,6H2,1-2H3,(H,24,25)(H,26,27). The summed E-state index contributed by atoms with van der Waals surface area (Å²) in [5.41, 5.74) is -4.52. The van der Waals surface area contributed by atoms with Crippen LogP contribution in [0.1, 0.15) is 17.3 Å². The monoisotopic (exact) mass is 444 g/mol. The molecule has 1 aromatic carbocycles. The molecule has 0 unspecified atom stereocenters. The summed E-state index contributed by atoms with van der Waals surface area (Å²) in [5, 5.41) is 29.2. The molecular weight excluding hydrogens is 431 g/mol. The first-order valence-electron chi connectivity index (χ1n) is 7.57. The molecule has 0 fully saturated rings. The minimum atomic E-state index is -6.01. The third kappa shape index (κ3) is 4.55. The van der Waals surface area contributed by atoms with Crippen LogP contribution < -0.4 is 4.74 Å². The van der Waals surface area contributed by atoms with Gasteiger partial charge >= 0.3 is 29.7 Å². The molecule has 0 atom stereocenters. The third-order valence-corrected chi connectivity index (χ3v) is 4.04. The number of nitro benzene ring substituents is 1. The van der Waals surface area contributed by atoms with Crippen molar-refractivity contribution in [2.24, 2.45) is 0 Å². The zero-order valence-corrected chi connectivity index (χ0v) is 15.1. The Morgan fingerprint density at radius 2 is 1.63 bits per heavy atom. The van der Waals surface area contributed by atoms with E-state index in [9.17, 15) is 46.5 Å². The van der Waals surface area contributed by atoms with Crippen molar-refractivity contribution < 1.29 is 56.2 Å². The Balaban J connectivity index is 3.36. The lowest BCUT2D eigenvalue weighted by Gasteiger charge is -2.31. The Hall–Kier alpha value is -3.52. The maximum Gasteiger partial charge on any atom is 0.456 e. The fourth-order valence-electron chi connectivity index (χ4n) is 1.94. The van der Waals surface area contributed by atoms with Gasteiger partial charge in [-0.25, -0.2) is 9.59 Å². The number of amides is 1. The van der Waals surface area contributed by atoms with E-state index in [0.29, 0.717) is 19.1 Å². The van der Waals surface area contributed by atoms with Crippen LogP contribution in [0.25, 0.3) is 0 Å². The smallest absolute Gasteiger partial charge is 0.456 e. The summed E-state index contributed by atoms with van der Waals surface area (Å²) in [7, 11) is 0.768. The summed E-state index contributed by atoms with van der Waals surface area (Å²) in [5.74, 6) is -11.8. The van der Waals surface area contributed by atoms with Crippen molar-refractivity contribution in [1.29, 1.82) is 0 Å². The van der Waals surface area contributed by atoms with Gasteiger partial charge in [0.05, 0.1) is 4.92 Å². The van der Waals surface area contributed by atoms with E-state index in [4.69, 9.17) is 10.2 Å². The van der Waals surface area contributed by atoms with Gasteiger partial charge in [-0.1, -0.05) is 0 Å². The van der Waals surface area contributed by atoms with Gasteiger partial charge in [-0.3, -0.25) is 14.9 Å². The topological polar surface area (TPSA) is 147 Å². The number of carbonyl (C=O) groups excluding carboxylic acids is 1. The molecule has 0 radical (unpaired) electrons. The lowest BCUT2D eigenvalue weighted by molar-refractivity contribution is -0.386. The van der Waals surface area contributed by atoms with Crippen LogP contribution in [0, 0.1) is 10.1 Å². The Bertz CT molecular complexity index is 872. The van der Waals surface area contributed by atoms with Crippen LogP contribution in [0.4, 0.5) is 27.6 Å². The molecule has 0 aromatic heterocycles. The van der Waals surface area contributed by atoms with Gasteiger partial charge in [0.1, 0.15) is 0 Å². The number of ether oxygens (including phenoxy) is 1. The molecule has 0 spiro atoms. The number of benzene rings is 1. The molecule has 0 aliphatic carbocycles. The highest BCUT2D eigenvalue weighted by molar-refractivity contribution is 6.08. The van der Waals surface area contributed by atoms with Crippen LogP contribution in [0.15, 0.2) is 18.2 Å². The van der Waals surface area contributed by atoms with Gasteiger partial charge in [-0.2, -0.15) is 22.0 Å². The molecule has 0 aliphatic rings. The van der Waals surface area contributed by atoms with E-state index in [0.717, 1.165) is 13.1 Å². The molecule has 0 saturated heterocycles. The minimum absolute atomic E-state index is 0.229. The number of hydrogen-bond donors (Lipinski definition) is 2. The number of halogens is 5. The number of alkyl halides is 5. The molecule has 15 heteroatoms. The van der Waals surface area contributed by atoms with E-state index in [1.165, 1.54) is 0 Å². The molecule has 1 amide bonds. The summed E-state index contributed by atoms with van der Waals surface area (Å²) < 4.78 is 67.1. The Morgan fingerprint density at radius 1 is 1.13 bits per heavy atom. The molecule has 0 aliphatic heterocycles. The SMILES string of the molecule is CN(C(=O)c1ccc([N+](=O)[O-])c(OCC(F)(F)C(F)(F)F)c1)C(C)(C(=O)O)C(=O)O. The van der Waals surface area contributed by atoms with Gasteiger partial charge in [0.25, 0.3) is 5.91 Å². The predicted octanol–water partition coefficient (Wildman–Crippen LogP) is 2.17. The normalized spacial score (nSPS) is 12.2. The van der Waals surface area contributed by atoms with Gasteiger partial charge in [-0.15, -0.1) is 0 Å². The van der Waals surface area contributed by atoms with E-state index < -0.39 is 64.0 Å². The molecule has 166 valence electrons. The number of nitro groups is 1. The van der Waals surface area contributed by atoms with Gasteiger partial charge in [-0.05, 0) is 13.0 Å². The number of nitrogens with zero attached hydrogens (tertiary/aromatic N) is 2. The van der Waals surface area contributed by atoms with Crippen molar-refractivity contribution in [3.8, 4) is 5.75 Å². The molecule has 0 bridgehead atoms. The van der Waals surface area contributed by atoms with Crippen molar-refractivity contribution in [2.75, 3.05) is 13.7 Å². The Morgan fingerprint density at radius 3 is 2.03 bits per heavy atom. The lowest BCUT2D eigenvalue weighted by Crippen LogP contribution is -2.58. The molecule has 30 heavy (non-hydrogen) atoms. The predicted molar refractivity (Wildman–Crippen MR) is 85.4 cm³/mol. The fraction of sp³-hybridized carbons (Fsp3) is 0.400. The molecule has 2 N–H and O–H groups in total. The second kappa shape index (κ2) is 8.08. The molecule has 0 saturated carbocycles. The first-order valence-corrected chi connectivity index (χ1v) is 7.57. The third-order valence-electron chi connectivity index (χ3n) is 4.04. The maximum absolute atomic E-state index is 13.0. The average molecular weight is 444 g/mol. The number of rotatable bonds is 8. The van der Waals surface area contributed by atoms with E-state index >= 15 is 0 Å². The fourth-order valence-corrected chi connectivity index (χ4v) is 1.94. The van der Waals surface area contributed by atoms with Crippen LogP contribution in [-0.4, -0.2) is 69.2 Å². The van der Waals surface area contributed by atoms with E-state index in [1.807, 2.05) is 0 Å². The van der Waals surface area contributed by atoms with Gasteiger partial charge in [0, 0.05) is 24.7 Å². The summed E-state index contributed by atoms with van der Waals surface area (Å²) >= 11 is 0. The molecule has 1 aromatic rings. The first kappa shape index (κ1) is 24.5. The average Bonchev–Trinajstić information content (AvgIpc) is 2.62. The summed E-state index contributed by atoms with van der Waals surface area (Å²) in [6.45, 7) is -1.69. The van der Waals surface area contributed by atoms with E-state index in [1.54, 1.807) is 0 Å². The van der Waals surface area contributed by atoms with E-state index in [2.05, 4.69) is 4.74 Å². The van der Waals surface area contributed by atoms with Crippen molar-refractivity contribution in [2.45, 2.75) is 24.6 Å². The van der Waals surface area contributed by atoms with Gasteiger partial charge in [0.2, 0.25) is 5.54 Å². The summed E-state index contributed by atoms with van der Waals surface area (Å²) in [6.07, 6.45) is -6.01. The number of aliphatic carboxylic acids is 2. The highest BCUT2D eigenvalue weighted by atomic mass is 19.4. The van der Waals surface area contributed by atoms with Crippen LogP contribution in [0.3, 0.4) is 0 Å². The van der Waals surface area contributed by atoms with Crippen LogP contribution in [-0.2, 0) is 9.59 Å². The zero-order chi connectivity index (χ0) is 23.7. The Labute approximate surface area is 163 Å². The quantitative estimate of drug-likeness (QED) is 0.268. The maximum atomic E-state index is 13.0. The number of carboxylic acids is 2.